The van der Waals surface area contributed by atoms with Crippen LogP contribution in [-0.4, -0.2) is 77.6 Å². The van der Waals surface area contributed by atoms with Crippen LogP contribution in [0.15, 0.2) is 69.4 Å². The zero-order chi connectivity index (χ0) is 32.4. The van der Waals surface area contributed by atoms with Crippen LogP contribution < -0.4 is 26.7 Å². The van der Waals surface area contributed by atoms with E-state index < -0.39 is 58.5 Å². The van der Waals surface area contributed by atoms with Crippen LogP contribution in [0, 0.1) is 0 Å². The number of fused-ring (bicyclic) bond motifs is 1. The third-order valence-corrected chi connectivity index (χ3v) is 9.63. The van der Waals surface area contributed by atoms with Crippen LogP contribution in [0.25, 0.3) is 0 Å². The van der Waals surface area contributed by atoms with Crippen molar-refractivity contribution in [3.8, 4) is 11.5 Å². The Hall–Kier alpha value is -5.01. The molecule has 2 amide bonds. The van der Waals surface area contributed by atoms with Crippen molar-refractivity contribution in [2.45, 2.75) is 22.4 Å². The topological polar surface area (TPSA) is 258 Å². The second-order valence-corrected chi connectivity index (χ2v) is 12.5. The first kappa shape index (κ1) is 31.4. The number of carbonyl (C=O) groups is 4. The molecule has 0 bridgehead atoms. The number of nitrogen functional groups attached to an aromatic ring is 2. The van der Waals surface area contributed by atoms with Crippen molar-refractivity contribution in [2.75, 3.05) is 23.1 Å². The number of nitrogens with two attached hydrogens (primary N) is 2. The first-order chi connectivity index (χ1) is 21.4. The van der Waals surface area contributed by atoms with E-state index in [1.165, 1.54) is 39.6 Å². The van der Waals surface area contributed by atoms with E-state index in [0.717, 1.165) is 33.3 Å². The van der Waals surface area contributed by atoms with Crippen molar-refractivity contribution >= 4 is 69.5 Å². The van der Waals surface area contributed by atoms with Gasteiger partial charge in [0.05, 0.1) is 11.7 Å². The number of benzene rings is 1. The van der Waals surface area contributed by atoms with Gasteiger partial charge in [-0.25, -0.2) is 15.6 Å². The quantitative estimate of drug-likeness (QED) is 0.0268. The van der Waals surface area contributed by atoms with Crippen molar-refractivity contribution in [1.29, 1.82) is 0 Å². The van der Waals surface area contributed by atoms with E-state index in [4.69, 9.17) is 16.4 Å². The molecule has 0 unspecified atom stereocenters. The van der Waals surface area contributed by atoms with Gasteiger partial charge in [0, 0.05) is 39.5 Å². The number of carboxylic acid groups (broad SMARTS) is 2. The summed E-state index contributed by atoms with van der Waals surface area (Å²) in [6.45, 7) is 0. The van der Waals surface area contributed by atoms with Gasteiger partial charge in [-0.2, -0.15) is 0 Å². The number of carboxylic acids is 2. The normalized spacial score (nSPS) is 18.5. The van der Waals surface area contributed by atoms with E-state index in [-0.39, 0.29) is 33.6 Å². The van der Waals surface area contributed by atoms with Crippen LogP contribution in [0.4, 0.5) is 5.13 Å². The van der Waals surface area contributed by atoms with E-state index in [1.54, 1.807) is 24.5 Å². The van der Waals surface area contributed by atoms with Gasteiger partial charge in [-0.1, -0.05) is 15.9 Å². The maximum atomic E-state index is 13.4. The number of thiazole rings is 1. The van der Waals surface area contributed by atoms with Gasteiger partial charge in [0.15, 0.2) is 34.7 Å². The van der Waals surface area contributed by atoms with Crippen LogP contribution in [0.1, 0.15) is 17.4 Å². The molecule has 2 aliphatic heterocycles. The standard InChI is InChI=1S/C26H23N7O9S3/c27-26-29-14(10-45-26)17(31-42-20(25(40)41)11-1-2-15(34)16(35)7-11)21(36)30-18-22(37)33-19(24(38)39)12(9-44-23(18)33)8-43-13-3-5-32(28)6-4-13/h1-7,10,18,20,23H,8-9,28H2,(H6-,27,29,30,31,34,35,36,38,39,40,41)/t18-,20+,23-/m1/s1. The van der Waals surface area contributed by atoms with E-state index in [9.17, 15) is 39.6 Å². The number of oxime groups is 1. The van der Waals surface area contributed by atoms with E-state index in [2.05, 4.69) is 15.5 Å². The van der Waals surface area contributed by atoms with Gasteiger partial charge in [-0.3, -0.25) is 14.5 Å². The average Bonchev–Trinajstić information content (AvgIpc) is 3.43. The number of phenols is 2. The third kappa shape index (κ3) is 6.59. The lowest BCUT2D eigenvalue weighted by Gasteiger charge is -2.50. The highest BCUT2D eigenvalue weighted by atomic mass is 32.2. The molecule has 19 heteroatoms. The summed E-state index contributed by atoms with van der Waals surface area (Å²) in [6.07, 6.45) is 1.46. The summed E-state index contributed by atoms with van der Waals surface area (Å²) in [7, 11) is 0. The van der Waals surface area contributed by atoms with Crippen molar-refractivity contribution in [3.05, 3.63) is 70.6 Å². The van der Waals surface area contributed by atoms with Gasteiger partial charge >= 0.3 is 5.97 Å². The first-order valence-electron chi connectivity index (χ1n) is 12.7. The Balaban J connectivity index is 1.34. The van der Waals surface area contributed by atoms with Gasteiger partial charge < -0.3 is 41.1 Å². The first-order valence-corrected chi connectivity index (χ1v) is 15.6. The molecule has 2 aliphatic rings. The number of amides is 2. The van der Waals surface area contributed by atoms with Crippen LogP contribution in [0.5, 0.6) is 11.5 Å². The van der Waals surface area contributed by atoms with Gasteiger partial charge in [0.25, 0.3) is 11.8 Å². The fourth-order valence-corrected chi connectivity index (χ4v) is 7.26. The molecule has 0 spiro atoms. The minimum atomic E-state index is -1.82. The minimum absolute atomic E-state index is 0.0596. The van der Waals surface area contributed by atoms with Crippen molar-refractivity contribution in [1.82, 2.24) is 15.2 Å². The summed E-state index contributed by atoms with van der Waals surface area (Å²) in [5.74, 6) is 0.302. The number of carbonyl (C=O) groups excluding carboxylic acids is 3. The molecule has 0 radical (unpaired) electrons. The number of phenolic OH excluding ortho intramolecular Hbond substituents is 2. The highest BCUT2D eigenvalue weighted by Crippen LogP contribution is 2.41. The molecule has 1 saturated heterocycles. The zero-order valence-electron chi connectivity index (χ0n) is 22.7. The maximum Gasteiger partial charge on any atom is 0.352 e. The molecule has 45 heavy (non-hydrogen) atoms. The molecule has 8 N–H and O–H groups in total. The number of anilines is 1. The molecular weight excluding hydrogens is 651 g/mol. The molecule has 4 heterocycles. The Bertz CT molecular complexity index is 1750. The number of hydrogen-bond donors (Lipinski definition) is 6. The Morgan fingerprint density at radius 1 is 1.24 bits per heavy atom. The van der Waals surface area contributed by atoms with Crippen molar-refractivity contribution < 1.29 is 49.1 Å². The monoisotopic (exact) mass is 673 g/mol. The van der Waals surface area contributed by atoms with Crippen LogP contribution in [-0.2, 0) is 24.0 Å². The Kier molecular flexibility index (Phi) is 9.02. The number of pyridine rings is 1. The van der Waals surface area contributed by atoms with Crippen LogP contribution in [0.2, 0.25) is 0 Å². The number of aliphatic carboxylic acids is 2. The largest absolute Gasteiger partial charge is 0.543 e. The van der Waals surface area contributed by atoms with Gasteiger partial charge in [-0.15, -0.1) is 34.9 Å². The molecule has 0 saturated carbocycles. The van der Waals surface area contributed by atoms with Crippen LogP contribution >= 0.6 is 34.9 Å². The SMILES string of the molecule is Nc1nc(/C(=N/O[C@H](C(=O)O)c2ccc(O)c(O)c2)C(=O)N[C@@H]2C(=O)N3C(C(=O)[O-])=C(CSc4cc[n+](N)cc4)CS[C@H]23)cs1. The van der Waals surface area contributed by atoms with Gasteiger partial charge in [0.1, 0.15) is 17.1 Å². The van der Waals surface area contributed by atoms with E-state index in [0.29, 0.717) is 5.57 Å². The number of β-lactam (4-membered cyclic amide) rings is 1. The molecule has 2 aromatic heterocycles. The number of nitrogens with zero attached hydrogens (tertiary/aromatic N) is 4. The number of thioether (sulfide) groups is 2. The lowest BCUT2D eigenvalue weighted by atomic mass is 10.0. The molecule has 1 aromatic carbocycles. The Labute approximate surface area is 266 Å². The number of aromatic nitrogens is 2. The van der Waals surface area contributed by atoms with Gasteiger partial charge in [0.2, 0.25) is 6.10 Å². The second-order valence-electron chi connectivity index (χ2n) is 9.45. The molecule has 5 rings (SSSR count). The molecule has 234 valence electrons. The van der Waals surface area contributed by atoms with Crippen molar-refractivity contribution in [2.24, 2.45) is 5.16 Å². The Morgan fingerprint density at radius 2 is 1.98 bits per heavy atom. The molecule has 16 nitrogen and oxygen atoms in total. The molecule has 3 atom stereocenters. The summed E-state index contributed by atoms with van der Waals surface area (Å²) in [5.41, 5.74) is 5.22. The second kappa shape index (κ2) is 12.9. The average molecular weight is 674 g/mol. The predicted molar refractivity (Wildman–Crippen MR) is 159 cm³/mol. The highest BCUT2D eigenvalue weighted by Gasteiger charge is 2.53. The number of hydrogen-bond acceptors (Lipinski definition) is 15. The van der Waals surface area contributed by atoms with Crippen molar-refractivity contribution in [3.63, 3.8) is 0 Å². The summed E-state index contributed by atoms with van der Waals surface area (Å²) < 4.78 is 1.36. The predicted octanol–water partition coefficient (Wildman–Crippen LogP) is -1.12. The highest BCUT2D eigenvalue weighted by molar-refractivity contribution is 8.01. The number of aromatic hydroxyl groups is 2. The van der Waals surface area contributed by atoms with E-state index >= 15 is 0 Å². The number of nitrogens with one attached hydrogen (secondary N) is 1. The summed E-state index contributed by atoms with van der Waals surface area (Å²) in [6, 6.07) is 5.54. The summed E-state index contributed by atoms with van der Waals surface area (Å²) in [5, 5.41) is 48.0. The fourth-order valence-electron chi connectivity index (χ4n) is 4.34. The lowest BCUT2D eigenvalue weighted by molar-refractivity contribution is -0.639. The maximum absolute atomic E-state index is 13.4. The number of rotatable bonds is 11. The Morgan fingerprint density at radius 3 is 2.60 bits per heavy atom. The minimum Gasteiger partial charge on any atom is -0.543 e. The zero-order valence-corrected chi connectivity index (χ0v) is 25.2. The third-order valence-electron chi connectivity index (χ3n) is 6.52. The smallest absolute Gasteiger partial charge is 0.352 e. The summed E-state index contributed by atoms with van der Waals surface area (Å²) >= 11 is 3.56. The fraction of sp³-hybridized carbons (Fsp3) is 0.192. The van der Waals surface area contributed by atoms with Crippen LogP contribution in [0.3, 0.4) is 0 Å². The summed E-state index contributed by atoms with van der Waals surface area (Å²) in [4.78, 5) is 61.7. The molecule has 1 fully saturated rings. The molecule has 0 aliphatic carbocycles. The lowest BCUT2D eigenvalue weighted by Crippen LogP contribution is -2.71. The molecule has 3 aromatic rings. The van der Waals surface area contributed by atoms with Gasteiger partial charge in [-0.05, 0) is 17.7 Å². The molecular formula is C26H23N7O9S3. The van der Waals surface area contributed by atoms with E-state index in [1.807, 2.05) is 0 Å².